The quantitative estimate of drug-likeness (QED) is 0.529. The van der Waals surface area contributed by atoms with E-state index in [1.54, 1.807) is 36.7 Å². The van der Waals surface area contributed by atoms with Gasteiger partial charge in [0.1, 0.15) is 5.75 Å². The van der Waals surface area contributed by atoms with Crippen LogP contribution < -0.4 is 9.64 Å². The van der Waals surface area contributed by atoms with Gasteiger partial charge in [0.15, 0.2) is 0 Å². The molecule has 1 aliphatic rings. The Balaban J connectivity index is 1.49. The van der Waals surface area contributed by atoms with E-state index in [0.717, 1.165) is 16.9 Å². The molecule has 1 saturated heterocycles. The number of ether oxygens (including phenoxy) is 1. The highest BCUT2D eigenvalue weighted by Crippen LogP contribution is 2.26. The number of piperazine rings is 1. The first-order valence-electron chi connectivity index (χ1n) is 10.8. The molecule has 1 atom stereocenters. The van der Waals surface area contributed by atoms with E-state index in [0.29, 0.717) is 37.4 Å². The van der Waals surface area contributed by atoms with Crippen molar-refractivity contribution in [2.24, 2.45) is 0 Å². The SMILES string of the molecule is COc1cccc(N2CC(CCF)N(Cc3cncn3Cc3ccc(C#N)cc3)CC2=O)c1. The summed E-state index contributed by atoms with van der Waals surface area (Å²) in [6.07, 6.45) is 3.89. The number of imidazole rings is 1. The summed E-state index contributed by atoms with van der Waals surface area (Å²) in [6, 6.07) is 16.8. The summed E-state index contributed by atoms with van der Waals surface area (Å²) in [5, 5.41) is 8.98. The highest BCUT2D eigenvalue weighted by molar-refractivity contribution is 5.95. The van der Waals surface area contributed by atoms with Crippen molar-refractivity contribution >= 4 is 11.6 Å². The molecule has 0 radical (unpaired) electrons. The zero-order valence-electron chi connectivity index (χ0n) is 18.5. The standard InChI is InChI=1S/C25H26FN5O2/c1-33-24-4-2-3-21(11-24)31-16-22(9-10-26)29(17-25(31)32)15-23-13-28-18-30(23)14-20-7-5-19(12-27)6-8-20/h2-8,11,13,18,22H,9-10,14-17H2,1H3. The van der Waals surface area contributed by atoms with Crippen LogP contribution in [0.15, 0.2) is 61.1 Å². The third-order valence-corrected chi connectivity index (χ3v) is 5.96. The molecule has 2 heterocycles. The Bertz CT molecular complexity index is 1140. The van der Waals surface area contributed by atoms with Gasteiger partial charge in [-0.05, 0) is 36.2 Å². The third-order valence-electron chi connectivity index (χ3n) is 5.96. The van der Waals surface area contributed by atoms with Crippen LogP contribution >= 0.6 is 0 Å². The van der Waals surface area contributed by atoms with Crippen LogP contribution in [0.3, 0.4) is 0 Å². The van der Waals surface area contributed by atoms with Gasteiger partial charge in [-0.2, -0.15) is 5.26 Å². The van der Waals surface area contributed by atoms with Crippen LogP contribution in [0, 0.1) is 11.3 Å². The van der Waals surface area contributed by atoms with Crippen molar-refractivity contribution < 1.29 is 13.9 Å². The number of alkyl halides is 1. The normalized spacial score (nSPS) is 16.6. The minimum atomic E-state index is -0.453. The van der Waals surface area contributed by atoms with Crippen molar-refractivity contribution in [3.05, 3.63) is 77.9 Å². The molecule has 4 rings (SSSR count). The van der Waals surface area contributed by atoms with Gasteiger partial charge in [0.2, 0.25) is 5.91 Å². The second-order valence-electron chi connectivity index (χ2n) is 8.06. The van der Waals surface area contributed by atoms with Crippen molar-refractivity contribution in [2.45, 2.75) is 25.6 Å². The topological polar surface area (TPSA) is 74.4 Å². The number of aromatic nitrogens is 2. The molecule has 0 bridgehead atoms. The monoisotopic (exact) mass is 447 g/mol. The Morgan fingerprint density at radius 1 is 1.21 bits per heavy atom. The van der Waals surface area contributed by atoms with Crippen molar-refractivity contribution in [1.29, 1.82) is 5.26 Å². The molecule has 2 aromatic carbocycles. The van der Waals surface area contributed by atoms with E-state index >= 15 is 0 Å². The first kappa shape index (κ1) is 22.5. The number of nitriles is 1. The summed E-state index contributed by atoms with van der Waals surface area (Å²) in [4.78, 5) is 21.1. The maximum Gasteiger partial charge on any atom is 0.241 e. The number of carbonyl (C=O) groups is 1. The van der Waals surface area contributed by atoms with Gasteiger partial charge >= 0.3 is 0 Å². The molecule has 7 nitrogen and oxygen atoms in total. The first-order valence-corrected chi connectivity index (χ1v) is 10.8. The molecule has 33 heavy (non-hydrogen) atoms. The van der Waals surface area contributed by atoms with Crippen molar-refractivity contribution in [1.82, 2.24) is 14.5 Å². The van der Waals surface area contributed by atoms with E-state index in [9.17, 15) is 9.18 Å². The highest BCUT2D eigenvalue weighted by Gasteiger charge is 2.33. The number of rotatable bonds is 8. The zero-order valence-corrected chi connectivity index (χ0v) is 18.5. The van der Waals surface area contributed by atoms with E-state index in [1.165, 1.54) is 0 Å². The van der Waals surface area contributed by atoms with Crippen molar-refractivity contribution in [3.8, 4) is 11.8 Å². The van der Waals surface area contributed by atoms with E-state index in [4.69, 9.17) is 10.00 Å². The van der Waals surface area contributed by atoms with E-state index < -0.39 is 6.67 Å². The molecule has 1 unspecified atom stereocenters. The lowest BCUT2D eigenvalue weighted by Crippen LogP contribution is -2.56. The largest absolute Gasteiger partial charge is 0.497 e. The summed E-state index contributed by atoms with van der Waals surface area (Å²) < 4.78 is 20.7. The Hall–Kier alpha value is -3.70. The number of halogens is 1. The number of amides is 1. The number of hydrogen-bond acceptors (Lipinski definition) is 5. The van der Waals surface area contributed by atoms with Gasteiger partial charge in [-0.3, -0.25) is 14.1 Å². The van der Waals surface area contributed by atoms with Gasteiger partial charge in [0.25, 0.3) is 0 Å². The fraction of sp³-hybridized carbons (Fsp3) is 0.320. The van der Waals surface area contributed by atoms with Crippen LogP contribution in [0.5, 0.6) is 5.75 Å². The lowest BCUT2D eigenvalue weighted by atomic mass is 10.1. The molecule has 1 aliphatic heterocycles. The Morgan fingerprint density at radius 2 is 2.03 bits per heavy atom. The second kappa shape index (κ2) is 10.3. The molecule has 1 fully saturated rings. The summed E-state index contributed by atoms with van der Waals surface area (Å²) in [5.41, 5.74) is 3.37. The highest BCUT2D eigenvalue weighted by atomic mass is 19.1. The van der Waals surface area contributed by atoms with Gasteiger partial charge < -0.3 is 14.2 Å². The average molecular weight is 448 g/mol. The molecule has 0 N–H and O–H groups in total. The summed E-state index contributed by atoms with van der Waals surface area (Å²) >= 11 is 0. The lowest BCUT2D eigenvalue weighted by molar-refractivity contribution is -0.122. The predicted molar refractivity (Wildman–Crippen MR) is 123 cm³/mol. The summed E-state index contributed by atoms with van der Waals surface area (Å²) in [7, 11) is 1.59. The molecule has 0 saturated carbocycles. The average Bonchev–Trinajstić information content (AvgIpc) is 3.27. The molecular formula is C25H26FN5O2. The van der Waals surface area contributed by atoms with Crippen molar-refractivity contribution in [3.63, 3.8) is 0 Å². The second-order valence-corrected chi connectivity index (χ2v) is 8.06. The third kappa shape index (κ3) is 5.21. The molecule has 0 aliphatic carbocycles. The van der Waals surface area contributed by atoms with E-state index in [1.807, 2.05) is 45.9 Å². The number of benzene rings is 2. The van der Waals surface area contributed by atoms with Crippen LogP contribution in [-0.2, 0) is 17.9 Å². The zero-order chi connectivity index (χ0) is 23.2. The molecular weight excluding hydrogens is 421 g/mol. The molecule has 1 amide bonds. The lowest BCUT2D eigenvalue weighted by Gasteiger charge is -2.40. The number of hydrogen-bond donors (Lipinski definition) is 0. The fourth-order valence-electron chi connectivity index (χ4n) is 4.14. The predicted octanol–water partition coefficient (Wildman–Crippen LogP) is 3.39. The Labute approximate surface area is 192 Å². The van der Waals surface area contributed by atoms with Crippen LogP contribution in [0.2, 0.25) is 0 Å². The van der Waals surface area contributed by atoms with Gasteiger partial charge in [0, 0.05) is 43.6 Å². The van der Waals surface area contributed by atoms with Crippen molar-refractivity contribution in [2.75, 3.05) is 31.8 Å². The first-order chi connectivity index (χ1) is 16.1. The maximum atomic E-state index is 13.4. The van der Waals surface area contributed by atoms with Crippen LogP contribution in [-0.4, -0.2) is 53.3 Å². The molecule has 170 valence electrons. The van der Waals surface area contributed by atoms with Gasteiger partial charge in [-0.15, -0.1) is 0 Å². The van der Waals surface area contributed by atoms with Gasteiger partial charge in [0.05, 0.1) is 44.0 Å². The number of anilines is 1. The minimum Gasteiger partial charge on any atom is -0.497 e. The maximum absolute atomic E-state index is 13.4. The Morgan fingerprint density at radius 3 is 2.76 bits per heavy atom. The fourth-order valence-corrected chi connectivity index (χ4v) is 4.14. The molecule has 1 aromatic heterocycles. The number of methoxy groups -OCH3 is 1. The molecule has 3 aromatic rings. The molecule has 8 heteroatoms. The smallest absolute Gasteiger partial charge is 0.241 e. The van der Waals surface area contributed by atoms with Crippen LogP contribution in [0.4, 0.5) is 10.1 Å². The number of nitrogens with zero attached hydrogens (tertiary/aromatic N) is 5. The van der Waals surface area contributed by atoms with E-state index in [2.05, 4.69) is 11.1 Å². The summed E-state index contributed by atoms with van der Waals surface area (Å²) in [5.74, 6) is 0.646. The van der Waals surface area contributed by atoms with Crippen LogP contribution in [0.1, 0.15) is 23.2 Å². The Kier molecular flexibility index (Phi) is 7.01. The van der Waals surface area contributed by atoms with Gasteiger partial charge in [-0.1, -0.05) is 18.2 Å². The van der Waals surface area contributed by atoms with Crippen LogP contribution in [0.25, 0.3) is 0 Å². The van der Waals surface area contributed by atoms with Gasteiger partial charge in [-0.25, -0.2) is 4.98 Å². The minimum absolute atomic E-state index is 0.0310. The summed E-state index contributed by atoms with van der Waals surface area (Å²) in [6.45, 7) is 1.26. The molecule has 0 spiro atoms. The van der Waals surface area contributed by atoms with E-state index in [-0.39, 0.29) is 18.5 Å². The number of carbonyl (C=O) groups excluding carboxylic acids is 1.